The highest BCUT2D eigenvalue weighted by atomic mass is 19.4. The quantitative estimate of drug-likeness (QED) is 0.0401. The molecule has 0 spiro atoms. The number of anilines is 2. The maximum atomic E-state index is 13.0. The molecule has 0 aliphatic carbocycles. The van der Waals surface area contributed by atoms with E-state index in [9.17, 15) is 62.3 Å². The van der Waals surface area contributed by atoms with Crippen molar-refractivity contribution in [3.8, 4) is 22.8 Å². The Hall–Kier alpha value is -7.84. The average Bonchev–Trinajstić information content (AvgIpc) is 3.92. The summed E-state index contributed by atoms with van der Waals surface area (Å²) in [5, 5.41) is 15.9. The first-order valence-electron chi connectivity index (χ1n) is 17.6. The van der Waals surface area contributed by atoms with Crippen molar-refractivity contribution in [1.29, 1.82) is 0 Å². The number of aromatic nitrogens is 8. The number of hydrogen-bond acceptors (Lipinski definition) is 11. The van der Waals surface area contributed by atoms with Gasteiger partial charge in [0.15, 0.2) is 11.6 Å². The van der Waals surface area contributed by atoms with Crippen molar-refractivity contribution in [3.63, 3.8) is 0 Å². The van der Waals surface area contributed by atoms with Gasteiger partial charge in [0.1, 0.15) is 24.3 Å². The Balaban J connectivity index is 0.000000245. The van der Waals surface area contributed by atoms with Gasteiger partial charge in [0.05, 0.1) is 22.3 Å². The van der Waals surface area contributed by atoms with Gasteiger partial charge in [-0.1, -0.05) is 12.1 Å². The normalized spacial score (nSPS) is 12.0. The number of nitrogens with zero attached hydrogens (tertiary/aromatic N) is 8. The monoisotopic (exact) mass is 930 g/mol. The molecule has 0 fully saturated rings. The number of nitrogens with two attached hydrogens (primary N) is 1. The Kier molecular flexibility index (Phi) is 15.8. The lowest BCUT2D eigenvalue weighted by Gasteiger charge is -2.13. The minimum absolute atomic E-state index is 0.00910. The molecular weight excluding hydrogens is 900 g/mol. The molecule has 0 saturated heterocycles. The number of benzene rings is 2. The van der Waals surface area contributed by atoms with Gasteiger partial charge in [-0.25, -0.2) is 39.9 Å². The molecule has 4 aromatic heterocycles. The van der Waals surface area contributed by atoms with Crippen LogP contribution >= 0.6 is 0 Å². The van der Waals surface area contributed by atoms with Gasteiger partial charge >= 0.3 is 30.7 Å². The summed E-state index contributed by atoms with van der Waals surface area (Å²) in [5.41, 5.74) is 2.45. The van der Waals surface area contributed by atoms with Gasteiger partial charge in [-0.05, 0) is 73.5 Å². The SMILES string of the molecule is Cc1ccc(NN)nc1.Cc1ccc(NNC(=O)/C=C\n2cnc(-c3cc(C(F)(F)F)cc(C(F)(F)F)c3)n2)nc1.O=C(O)/C=C\n1cnc(-c2cc(C(F)(F)F)cc(C(F)(F)F)c2)n1. The zero-order valence-electron chi connectivity index (χ0n) is 32.8. The fourth-order valence-corrected chi connectivity index (χ4v) is 4.67. The zero-order valence-corrected chi connectivity index (χ0v) is 32.8. The first-order chi connectivity index (χ1) is 30.2. The molecule has 27 heteroatoms. The number of carbonyl (C=O) groups excluding carboxylic acids is 1. The van der Waals surface area contributed by atoms with Crippen molar-refractivity contribution >= 4 is 35.9 Å². The highest BCUT2D eigenvalue weighted by Gasteiger charge is 2.38. The van der Waals surface area contributed by atoms with Crippen LogP contribution in [0.25, 0.3) is 35.2 Å². The Morgan fingerprint density at radius 3 is 1.31 bits per heavy atom. The number of carboxylic acids is 1. The number of aliphatic carboxylic acids is 1. The number of amides is 1. The lowest BCUT2D eigenvalue weighted by molar-refractivity contribution is -0.144. The van der Waals surface area contributed by atoms with Gasteiger partial charge in [-0.2, -0.15) is 52.7 Å². The van der Waals surface area contributed by atoms with E-state index < -0.39 is 75.8 Å². The summed E-state index contributed by atoms with van der Waals surface area (Å²) in [7, 11) is 0. The molecule has 0 aliphatic heterocycles. The molecule has 1 amide bonds. The number of nitrogen functional groups attached to an aromatic ring is 1. The second-order valence-corrected chi connectivity index (χ2v) is 12.9. The predicted molar refractivity (Wildman–Crippen MR) is 207 cm³/mol. The maximum absolute atomic E-state index is 13.0. The third-order valence-electron chi connectivity index (χ3n) is 7.74. The highest BCUT2D eigenvalue weighted by Crippen LogP contribution is 2.39. The topological polar surface area (TPSA) is 204 Å². The summed E-state index contributed by atoms with van der Waals surface area (Å²) >= 11 is 0. The van der Waals surface area contributed by atoms with Crippen molar-refractivity contribution in [2.45, 2.75) is 38.6 Å². The van der Waals surface area contributed by atoms with Crippen LogP contribution in [-0.2, 0) is 34.3 Å². The minimum Gasteiger partial charge on any atom is -0.478 e. The molecule has 0 bridgehead atoms. The lowest BCUT2D eigenvalue weighted by atomic mass is 10.0. The van der Waals surface area contributed by atoms with E-state index in [0.29, 0.717) is 42.0 Å². The standard InChI is InChI=1S/C19H14F6N6O.C13H7F6N3O2.C6H9N3/c1-11-2-3-15(26-9-11)28-29-16(32)4-5-31-10-27-17(30-31)12-6-13(18(20,21)22)8-14(7-12)19(23,24)25;14-12(15,16)8-3-7(4-9(5-8)13(17,18)19)11-20-6-22(21-11)2-1-10(23)24;1-5-2-3-6(9-7)8-4-5/h2-10H,1H3,(H,26,28)(H,29,32);1-6H,(H,23,24);2-4H,7H2,1H3,(H,8,9)/b5-4-;2-1-;. The molecule has 344 valence electrons. The number of nitrogens with one attached hydrogen (secondary N) is 3. The number of carboxylic acid groups (broad SMARTS) is 1. The number of alkyl halides is 12. The van der Waals surface area contributed by atoms with Crippen LogP contribution in [0.5, 0.6) is 0 Å². The molecule has 6 aromatic rings. The molecule has 0 unspecified atom stereocenters. The van der Waals surface area contributed by atoms with Crippen LogP contribution in [0.3, 0.4) is 0 Å². The van der Waals surface area contributed by atoms with E-state index in [1.54, 1.807) is 24.5 Å². The second kappa shape index (κ2) is 20.6. The van der Waals surface area contributed by atoms with Gasteiger partial charge < -0.3 is 10.5 Å². The van der Waals surface area contributed by atoms with Crippen LogP contribution in [0.4, 0.5) is 64.3 Å². The van der Waals surface area contributed by atoms with E-state index in [2.05, 4.69) is 46.4 Å². The molecule has 0 saturated carbocycles. The van der Waals surface area contributed by atoms with Crippen LogP contribution < -0.4 is 22.1 Å². The number of carbonyl (C=O) groups is 2. The molecule has 15 nitrogen and oxygen atoms in total. The van der Waals surface area contributed by atoms with Crippen LogP contribution in [0, 0.1) is 13.8 Å². The smallest absolute Gasteiger partial charge is 0.416 e. The number of halogens is 12. The molecular formula is C38H30F12N12O3. The third kappa shape index (κ3) is 15.5. The van der Waals surface area contributed by atoms with E-state index in [1.165, 1.54) is 0 Å². The molecule has 65 heavy (non-hydrogen) atoms. The van der Waals surface area contributed by atoms with E-state index in [4.69, 9.17) is 10.9 Å². The highest BCUT2D eigenvalue weighted by molar-refractivity contribution is 5.90. The maximum Gasteiger partial charge on any atom is 0.416 e. The van der Waals surface area contributed by atoms with Gasteiger partial charge in [0, 0.05) is 48.1 Å². The molecule has 6 N–H and O–H groups in total. The zero-order chi connectivity index (χ0) is 48.3. The Morgan fingerprint density at radius 2 is 0.969 bits per heavy atom. The number of hydrogen-bond donors (Lipinski definition) is 5. The molecule has 6 rings (SSSR count). The fourth-order valence-electron chi connectivity index (χ4n) is 4.67. The van der Waals surface area contributed by atoms with E-state index in [0.717, 1.165) is 51.6 Å². The van der Waals surface area contributed by atoms with Gasteiger partial charge in [-0.15, -0.1) is 10.2 Å². The van der Waals surface area contributed by atoms with Gasteiger partial charge in [0.2, 0.25) is 0 Å². The Bertz CT molecular complexity index is 2550. The molecule has 4 heterocycles. The van der Waals surface area contributed by atoms with Crippen LogP contribution in [0.2, 0.25) is 0 Å². The first kappa shape index (κ1) is 49.8. The summed E-state index contributed by atoms with van der Waals surface area (Å²) in [6.07, 6.45) is -10.9. The van der Waals surface area contributed by atoms with Crippen LogP contribution in [0.15, 0.2) is 97.9 Å². The van der Waals surface area contributed by atoms with E-state index >= 15 is 0 Å². The largest absolute Gasteiger partial charge is 0.478 e. The number of pyridine rings is 2. The van der Waals surface area contributed by atoms with Gasteiger partial charge in [0.25, 0.3) is 5.91 Å². The van der Waals surface area contributed by atoms with E-state index in [1.807, 2.05) is 26.0 Å². The lowest BCUT2D eigenvalue weighted by Crippen LogP contribution is -2.28. The molecule has 0 aliphatic rings. The van der Waals surface area contributed by atoms with Crippen molar-refractivity contribution in [2.24, 2.45) is 5.84 Å². The first-order valence-corrected chi connectivity index (χ1v) is 17.6. The summed E-state index contributed by atoms with van der Waals surface area (Å²) in [5.74, 6) is 3.43. The Morgan fingerprint density at radius 1 is 0.585 bits per heavy atom. The molecule has 0 radical (unpaired) electrons. The van der Waals surface area contributed by atoms with Crippen molar-refractivity contribution in [1.82, 2.24) is 44.9 Å². The van der Waals surface area contributed by atoms with Gasteiger partial charge in [-0.3, -0.25) is 15.6 Å². The number of hydrazine groups is 2. The molecule has 0 atom stereocenters. The van der Waals surface area contributed by atoms with Crippen LogP contribution in [-0.4, -0.2) is 56.5 Å². The van der Waals surface area contributed by atoms with E-state index in [-0.39, 0.29) is 18.0 Å². The summed E-state index contributed by atoms with van der Waals surface area (Å²) in [6, 6.07) is 9.18. The number of aryl methyl sites for hydroxylation is 2. The average molecular weight is 931 g/mol. The molecule has 2 aromatic carbocycles. The summed E-state index contributed by atoms with van der Waals surface area (Å²) in [6.45, 7) is 3.82. The van der Waals surface area contributed by atoms with Crippen molar-refractivity contribution < 1.29 is 67.4 Å². The summed E-state index contributed by atoms with van der Waals surface area (Å²) in [4.78, 5) is 37.5. The number of rotatable bonds is 9. The third-order valence-corrected chi connectivity index (χ3v) is 7.74. The fraction of sp³-hybridized carbons (Fsp3) is 0.158. The van der Waals surface area contributed by atoms with Crippen molar-refractivity contribution in [3.05, 3.63) is 131 Å². The predicted octanol–water partition coefficient (Wildman–Crippen LogP) is 8.51. The Labute approximate surface area is 357 Å². The summed E-state index contributed by atoms with van der Waals surface area (Å²) < 4.78 is 156. The minimum atomic E-state index is -4.99. The van der Waals surface area contributed by atoms with Crippen molar-refractivity contribution in [2.75, 3.05) is 10.9 Å². The van der Waals surface area contributed by atoms with Crippen LogP contribution in [0.1, 0.15) is 33.4 Å². The second-order valence-electron chi connectivity index (χ2n) is 12.9.